The van der Waals surface area contributed by atoms with Crippen LogP contribution in [0.4, 0.5) is 0 Å². The predicted octanol–water partition coefficient (Wildman–Crippen LogP) is -0.348. The van der Waals surface area contributed by atoms with Gasteiger partial charge in [-0.3, -0.25) is 14.4 Å². The molecule has 4 atom stereocenters. The molecule has 0 spiro atoms. The number of aliphatic hydroxyl groups is 1. The first kappa shape index (κ1) is 20.3. The van der Waals surface area contributed by atoms with Gasteiger partial charge in [-0.05, 0) is 5.53 Å². The van der Waals surface area contributed by atoms with Crippen LogP contribution in [0.25, 0.3) is 10.4 Å². The first-order chi connectivity index (χ1) is 10.7. The first-order valence-corrected chi connectivity index (χ1v) is 6.38. The van der Waals surface area contributed by atoms with Gasteiger partial charge in [-0.2, -0.15) is 0 Å². The van der Waals surface area contributed by atoms with E-state index in [4.69, 9.17) is 15.0 Å². The lowest BCUT2D eigenvalue weighted by molar-refractivity contribution is -0.181. The van der Waals surface area contributed by atoms with Crippen LogP contribution in [-0.2, 0) is 33.4 Å². The number of aliphatic hydroxyl groups excluding tert-OH is 1. The van der Waals surface area contributed by atoms with E-state index in [2.05, 4.69) is 14.8 Å². The molecule has 0 amide bonds. The van der Waals surface area contributed by atoms with E-state index in [-0.39, 0.29) is 6.29 Å². The van der Waals surface area contributed by atoms with Gasteiger partial charge in [-0.25, -0.2) is 0 Å². The summed E-state index contributed by atoms with van der Waals surface area (Å²) in [7, 11) is 0. The van der Waals surface area contributed by atoms with Gasteiger partial charge in [-0.1, -0.05) is 5.11 Å². The Hall–Kier alpha value is -2.65. The molecule has 0 fully saturated rings. The van der Waals surface area contributed by atoms with E-state index in [0.29, 0.717) is 0 Å². The largest absolute Gasteiger partial charge is 0.463 e. The molecule has 0 aromatic carbocycles. The molecule has 128 valence electrons. The van der Waals surface area contributed by atoms with Gasteiger partial charge in [0, 0.05) is 25.7 Å². The Bertz CT molecular complexity index is 503. The maximum Gasteiger partial charge on any atom is 0.303 e. The molecule has 11 nitrogen and oxygen atoms in total. The van der Waals surface area contributed by atoms with E-state index in [1.807, 2.05) is 0 Å². The van der Waals surface area contributed by atoms with E-state index in [0.717, 1.165) is 20.8 Å². The summed E-state index contributed by atoms with van der Waals surface area (Å²) in [5.41, 5.74) is 8.45. The monoisotopic (exact) mass is 331 g/mol. The Kier molecular flexibility index (Phi) is 8.97. The molecule has 0 aliphatic heterocycles. The van der Waals surface area contributed by atoms with Crippen LogP contribution in [0, 0.1) is 0 Å². The highest BCUT2D eigenvalue weighted by Gasteiger charge is 2.39. The fourth-order valence-electron chi connectivity index (χ4n) is 1.61. The lowest BCUT2D eigenvalue weighted by Gasteiger charge is -2.30. The van der Waals surface area contributed by atoms with E-state index >= 15 is 0 Å². The molecule has 0 bridgehead atoms. The van der Waals surface area contributed by atoms with Crippen LogP contribution in [-0.4, -0.2) is 60.3 Å². The molecule has 0 saturated heterocycles. The lowest BCUT2D eigenvalue weighted by atomic mass is 10.0. The SMILES string of the molecule is CC(=O)OC[C@@H](O)[C@@H](OC(C)=O)[C@H](OC(C)=O)[C@@H](C=O)N=[N+]=[N-]. The number of carbonyl (C=O) groups excluding carboxylic acids is 4. The minimum Gasteiger partial charge on any atom is -0.463 e. The van der Waals surface area contributed by atoms with Gasteiger partial charge in [0.1, 0.15) is 25.0 Å². The molecule has 0 unspecified atom stereocenters. The summed E-state index contributed by atoms with van der Waals surface area (Å²) in [6.45, 7) is 2.52. The van der Waals surface area contributed by atoms with Crippen molar-refractivity contribution in [1.29, 1.82) is 0 Å². The van der Waals surface area contributed by atoms with Gasteiger partial charge in [0.15, 0.2) is 12.2 Å². The van der Waals surface area contributed by atoms with Crippen molar-refractivity contribution in [1.82, 2.24) is 0 Å². The second-order valence-electron chi connectivity index (χ2n) is 4.35. The van der Waals surface area contributed by atoms with Crippen LogP contribution < -0.4 is 0 Å². The number of aldehydes is 1. The third-order valence-electron chi connectivity index (χ3n) is 2.43. The van der Waals surface area contributed by atoms with Crippen LogP contribution in [0.5, 0.6) is 0 Å². The standard InChI is InChI=1S/C12H17N3O8/c1-6(17)21-5-10(20)12(23-8(3)19)11(22-7(2)18)9(4-16)14-15-13/h4,9-12,20H,5H2,1-3H3/t9-,10-,11-,12-/m1/s1. The van der Waals surface area contributed by atoms with Crippen molar-refractivity contribution in [3.8, 4) is 0 Å². The van der Waals surface area contributed by atoms with Crippen molar-refractivity contribution >= 4 is 24.2 Å². The molecule has 23 heavy (non-hydrogen) atoms. The maximum atomic E-state index is 11.2. The van der Waals surface area contributed by atoms with Crippen molar-refractivity contribution in [2.45, 2.75) is 45.1 Å². The Labute approximate surface area is 131 Å². The molecule has 0 rings (SSSR count). The second-order valence-corrected chi connectivity index (χ2v) is 4.35. The normalized spacial score (nSPS) is 15.1. The minimum absolute atomic E-state index is 0.169. The maximum absolute atomic E-state index is 11.2. The average molecular weight is 331 g/mol. The van der Waals surface area contributed by atoms with E-state index in [1.165, 1.54) is 0 Å². The third-order valence-corrected chi connectivity index (χ3v) is 2.43. The molecule has 0 radical (unpaired) electrons. The van der Waals surface area contributed by atoms with Gasteiger partial charge in [-0.15, -0.1) is 0 Å². The van der Waals surface area contributed by atoms with E-state index in [1.54, 1.807) is 0 Å². The summed E-state index contributed by atoms with van der Waals surface area (Å²) < 4.78 is 14.3. The van der Waals surface area contributed by atoms with E-state index in [9.17, 15) is 24.3 Å². The quantitative estimate of drug-likeness (QED) is 0.149. The molecular weight excluding hydrogens is 314 g/mol. The Morgan fingerprint density at radius 2 is 1.65 bits per heavy atom. The van der Waals surface area contributed by atoms with Crippen LogP contribution >= 0.6 is 0 Å². The number of ether oxygens (including phenoxy) is 3. The highest BCUT2D eigenvalue weighted by molar-refractivity contribution is 5.69. The topological polar surface area (TPSA) is 165 Å². The van der Waals surface area contributed by atoms with Crippen LogP contribution in [0.3, 0.4) is 0 Å². The first-order valence-electron chi connectivity index (χ1n) is 6.38. The number of rotatable bonds is 9. The fourth-order valence-corrected chi connectivity index (χ4v) is 1.61. The highest BCUT2D eigenvalue weighted by Crippen LogP contribution is 2.16. The zero-order valence-corrected chi connectivity index (χ0v) is 12.7. The molecule has 0 aliphatic rings. The summed E-state index contributed by atoms with van der Waals surface area (Å²) in [5.74, 6) is -2.44. The fraction of sp³-hybridized carbons (Fsp3) is 0.667. The molecule has 0 saturated carbocycles. The molecule has 0 aliphatic carbocycles. The van der Waals surface area contributed by atoms with Crippen LogP contribution in [0.2, 0.25) is 0 Å². The van der Waals surface area contributed by atoms with Crippen molar-refractivity contribution in [2.24, 2.45) is 5.11 Å². The third kappa shape index (κ3) is 7.79. The van der Waals surface area contributed by atoms with Gasteiger partial charge >= 0.3 is 17.9 Å². The molecule has 0 aromatic heterocycles. The highest BCUT2D eigenvalue weighted by atomic mass is 16.6. The summed E-state index contributed by atoms with van der Waals surface area (Å²) in [5, 5.41) is 13.1. The number of esters is 3. The number of hydrogen-bond acceptors (Lipinski definition) is 9. The summed E-state index contributed by atoms with van der Waals surface area (Å²) in [6.07, 6.45) is -4.63. The van der Waals surface area contributed by atoms with Crippen LogP contribution in [0.1, 0.15) is 20.8 Å². The molecular formula is C12H17N3O8. The summed E-state index contributed by atoms with van der Waals surface area (Å²) >= 11 is 0. The van der Waals surface area contributed by atoms with Gasteiger partial charge in [0.25, 0.3) is 0 Å². The lowest BCUT2D eigenvalue weighted by Crippen LogP contribution is -2.50. The Morgan fingerprint density at radius 3 is 2.04 bits per heavy atom. The van der Waals surface area contributed by atoms with Crippen molar-refractivity contribution in [2.75, 3.05) is 6.61 Å². The molecule has 0 aromatic rings. The summed E-state index contributed by atoms with van der Waals surface area (Å²) in [6, 6.07) is -1.56. The Balaban J connectivity index is 5.54. The van der Waals surface area contributed by atoms with Crippen LogP contribution in [0.15, 0.2) is 5.11 Å². The number of azide groups is 1. The number of nitrogens with zero attached hydrogens (tertiary/aromatic N) is 3. The van der Waals surface area contributed by atoms with Gasteiger partial charge in [0.05, 0.1) is 0 Å². The predicted molar refractivity (Wildman–Crippen MR) is 72.7 cm³/mol. The second kappa shape index (κ2) is 10.1. The minimum atomic E-state index is -1.62. The summed E-state index contributed by atoms with van der Waals surface area (Å²) in [4.78, 5) is 46.6. The smallest absolute Gasteiger partial charge is 0.303 e. The van der Waals surface area contributed by atoms with Crippen molar-refractivity contribution in [3.05, 3.63) is 10.4 Å². The number of hydrogen-bond donors (Lipinski definition) is 1. The Morgan fingerprint density at radius 1 is 1.13 bits per heavy atom. The van der Waals surface area contributed by atoms with E-state index < -0.39 is 48.9 Å². The van der Waals surface area contributed by atoms with Crippen molar-refractivity contribution < 1.29 is 38.5 Å². The molecule has 1 N–H and O–H groups in total. The zero-order valence-electron chi connectivity index (χ0n) is 12.7. The van der Waals surface area contributed by atoms with Gasteiger partial charge < -0.3 is 24.1 Å². The molecule has 0 heterocycles. The van der Waals surface area contributed by atoms with Gasteiger partial charge in [0.2, 0.25) is 0 Å². The van der Waals surface area contributed by atoms with Crippen molar-refractivity contribution in [3.63, 3.8) is 0 Å². The number of carbonyl (C=O) groups is 4. The molecule has 11 heteroatoms. The average Bonchev–Trinajstić information content (AvgIpc) is 2.45. The zero-order chi connectivity index (χ0) is 18.0.